The molecule has 1 heterocycles. The highest BCUT2D eigenvalue weighted by atomic mass is 16.5. The fourth-order valence-corrected chi connectivity index (χ4v) is 2.08. The minimum atomic E-state index is 0.560. The molecule has 2 nitrogen and oxygen atoms in total. The van der Waals surface area contributed by atoms with Crippen molar-refractivity contribution < 1.29 is 4.74 Å². The molecule has 2 rings (SSSR count). The average Bonchev–Trinajstić information content (AvgIpc) is 2.37. The van der Waals surface area contributed by atoms with E-state index in [1.807, 2.05) is 6.07 Å². The Morgan fingerprint density at radius 3 is 2.81 bits per heavy atom. The van der Waals surface area contributed by atoms with E-state index in [0.29, 0.717) is 6.04 Å². The molecule has 1 aromatic carbocycles. The molecule has 0 spiro atoms. The van der Waals surface area contributed by atoms with Gasteiger partial charge in [-0.1, -0.05) is 36.8 Å². The summed E-state index contributed by atoms with van der Waals surface area (Å²) in [6.45, 7) is 2.62. The summed E-state index contributed by atoms with van der Waals surface area (Å²) in [7, 11) is 0. The van der Waals surface area contributed by atoms with Crippen LogP contribution in [0.4, 0.5) is 0 Å². The highest BCUT2D eigenvalue weighted by Gasteiger charge is 2.12. The molecule has 2 heteroatoms. The molecule has 87 valence electrons. The molecule has 1 unspecified atom stereocenters. The summed E-state index contributed by atoms with van der Waals surface area (Å²) in [4.78, 5) is 0. The smallest absolute Gasteiger partial charge is 0.0716 e. The van der Waals surface area contributed by atoms with Crippen molar-refractivity contribution in [3.05, 3.63) is 35.9 Å². The summed E-state index contributed by atoms with van der Waals surface area (Å²) in [5.74, 6) is 0. The third-order valence-corrected chi connectivity index (χ3v) is 3.04. The highest BCUT2D eigenvalue weighted by molar-refractivity contribution is 5.13. The third-order valence-electron chi connectivity index (χ3n) is 3.04. The van der Waals surface area contributed by atoms with E-state index in [1.165, 1.54) is 24.8 Å². The monoisotopic (exact) mass is 218 g/mol. The number of piperidine rings is 1. The van der Waals surface area contributed by atoms with Crippen LogP contribution in [0.1, 0.15) is 31.2 Å². The van der Waals surface area contributed by atoms with Gasteiger partial charge in [-0.05, 0) is 24.8 Å². The summed E-state index contributed by atoms with van der Waals surface area (Å²) < 4.78 is 5.66. The van der Waals surface area contributed by atoms with Crippen LogP contribution in [0.25, 0.3) is 0 Å². The van der Waals surface area contributed by atoms with Crippen molar-refractivity contribution in [2.75, 3.05) is 13.2 Å². The normalized spacial score (nSPS) is 20.9. The van der Waals surface area contributed by atoms with E-state index < -0.39 is 0 Å². The van der Waals surface area contributed by atoms with Crippen molar-refractivity contribution in [1.82, 2.24) is 5.32 Å². The molecule has 16 heavy (non-hydrogen) atoms. The molecular formula is C14H20NO. The van der Waals surface area contributed by atoms with Crippen LogP contribution >= 0.6 is 0 Å². The van der Waals surface area contributed by atoms with E-state index in [0.717, 1.165) is 26.2 Å². The lowest BCUT2D eigenvalue weighted by Crippen LogP contribution is -2.28. The molecular weight excluding hydrogens is 198 g/mol. The number of rotatable bonds is 5. The SMILES string of the molecule is c1ccc(COCCC2CCCC[N]2)cc1. The largest absolute Gasteiger partial charge is 0.377 e. The van der Waals surface area contributed by atoms with Crippen LogP contribution < -0.4 is 5.32 Å². The summed E-state index contributed by atoms with van der Waals surface area (Å²) >= 11 is 0. The molecule has 1 radical (unpaired) electrons. The van der Waals surface area contributed by atoms with E-state index in [4.69, 9.17) is 4.74 Å². The van der Waals surface area contributed by atoms with Crippen molar-refractivity contribution in [2.45, 2.75) is 38.3 Å². The molecule has 1 saturated heterocycles. The molecule has 0 amide bonds. The van der Waals surface area contributed by atoms with E-state index in [-0.39, 0.29) is 0 Å². The first kappa shape index (κ1) is 11.6. The van der Waals surface area contributed by atoms with Gasteiger partial charge in [-0.25, -0.2) is 5.32 Å². The average molecular weight is 218 g/mol. The second-order valence-corrected chi connectivity index (χ2v) is 4.38. The predicted octanol–water partition coefficient (Wildman–Crippen LogP) is 2.75. The Kier molecular flexibility index (Phi) is 4.84. The second-order valence-electron chi connectivity index (χ2n) is 4.38. The van der Waals surface area contributed by atoms with Gasteiger partial charge in [0.1, 0.15) is 0 Å². The van der Waals surface area contributed by atoms with Crippen LogP contribution in [0.2, 0.25) is 0 Å². The predicted molar refractivity (Wildman–Crippen MR) is 65.4 cm³/mol. The lowest BCUT2D eigenvalue weighted by molar-refractivity contribution is 0.108. The molecule has 1 aromatic rings. The van der Waals surface area contributed by atoms with Gasteiger partial charge in [-0.2, -0.15) is 0 Å². The zero-order valence-corrected chi connectivity index (χ0v) is 9.77. The zero-order chi connectivity index (χ0) is 11.1. The number of ether oxygens (including phenoxy) is 1. The minimum Gasteiger partial charge on any atom is -0.377 e. The third kappa shape index (κ3) is 3.95. The maximum absolute atomic E-state index is 5.66. The number of benzene rings is 1. The van der Waals surface area contributed by atoms with Gasteiger partial charge < -0.3 is 4.74 Å². The van der Waals surface area contributed by atoms with Crippen LogP contribution in [0, 0.1) is 0 Å². The van der Waals surface area contributed by atoms with Gasteiger partial charge in [0.05, 0.1) is 6.61 Å². The van der Waals surface area contributed by atoms with Crippen LogP contribution in [-0.4, -0.2) is 19.2 Å². The molecule has 0 aromatic heterocycles. The first-order valence-corrected chi connectivity index (χ1v) is 6.23. The fourth-order valence-electron chi connectivity index (χ4n) is 2.08. The Morgan fingerprint density at radius 1 is 1.19 bits per heavy atom. The molecule has 1 fully saturated rings. The van der Waals surface area contributed by atoms with Crippen LogP contribution in [-0.2, 0) is 11.3 Å². The van der Waals surface area contributed by atoms with Gasteiger partial charge in [-0.15, -0.1) is 0 Å². The minimum absolute atomic E-state index is 0.560. The quantitative estimate of drug-likeness (QED) is 0.697. The van der Waals surface area contributed by atoms with Gasteiger partial charge in [0.2, 0.25) is 0 Å². The van der Waals surface area contributed by atoms with Gasteiger partial charge in [-0.3, -0.25) is 0 Å². The van der Waals surface area contributed by atoms with Crippen molar-refractivity contribution in [1.29, 1.82) is 0 Å². The Balaban J connectivity index is 1.58. The fraction of sp³-hybridized carbons (Fsp3) is 0.571. The first-order valence-electron chi connectivity index (χ1n) is 6.23. The molecule has 0 bridgehead atoms. The Morgan fingerprint density at radius 2 is 2.06 bits per heavy atom. The summed E-state index contributed by atoms with van der Waals surface area (Å²) in [6, 6.07) is 10.9. The molecule has 1 aliphatic heterocycles. The van der Waals surface area contributed by atoms with E-state index in [9.17, 15) is 0 Å². The zero-order valence-electron chi connectivity index (χ0n) is 9.77. The standard InChI is InChI=1S/C14H20NO/c1-2-6-13(7-3-1)12-16-11-9-14-8-4-5-10-15-14/h1-3,6-7,14H,4-5,8-12H2. The highest BCUT2D eigenvalue weighted by Crippen LogP contribution is 2.12. The lowest BCUT2D eigenvalue weighted by Gasteiger charge is -2.21. The van der Waals surface area contributed by atoms with E-state index in [1.54, 1.807) is 0 Å². The summed E-state index contributed by atoms with van der Waals surface area (Å²) in [6.07, 6.45) is 4.97. The molecule has 0 saturated carbocycles. The maximum atomic E-state index is 5.66. The van der Waals surface area contributed by atoms with Crippen LogP contribution in [0.15, 0.2) is 30.3 Å². The van der Waals surface area contributed by atoms with Crippen LogP contribution in [0.5, 0.6) is 0 Å². The Hall–Kier alpha value is -0.860. The summed E-state index contributed by atoms with van der Waals surface area (Å²) in [5, 5.41) is 4.59. The summed E-state index contributed by atoms with van der Waals surface area (Å²) in [5.41, 5.74) is 1.25. The van der Waals surface area contributed by atoms with Crippen molar-refractivity contribution in [2.24, 2.45) is 0 Å². The lowest BCUT2D eigenvalue weighted by atomic mass is 10.0. The number of nitrogens with zero attached hydrogens (tertiary/aromatic N) is 1. The Labute approximate surface area is 98.0 Å². The van der Waals surface area contributed by atoms with Crippen molar-refractivity contribution >= 4 is 0 Å². The number of hydrogen-bond acceptors (Lipinski definition) is 1. The topological polar surface area (TPSA) is 23.3 Å². The first-order chi connectivity index (χ1) is 7.95. The Bertz CT molecular complexity index is 280. The maximum Gasteiger partial charge on any atom is 0.0716 e. The van der Waals surface area contributed by atoms with Gasteiger partial charge in [0, 0.05) is 19.2 Å². The van der Waals surface area contributed by atoms with Gasteiger partial charge in [0.25, 0.3) is 0 Å². The second kappa shape index (κ2) is 6.66. The van der Waals surface area contributed by atoms with Crippen LogP contribution in [0.3, 0.4) is 0 Å². The molecule has 1 atom stereocenters. The molecule has 0 aliphatic carbocycles. The van der Waals surface area contributed by atoms with Crippen molar-refractivity contribution in [3.8, 4) is 0 Å². The van der Waals surface area contributed by atoms with E-state index >= 15 is 0 Å². The number of hydrogen-bond donors (Lipinski definition) is 0. The van der Waals surface area contributed by atoms with Gasteiger partial charge in [0.15, 0.2) is 0 Å². The van der Waals surface area contributed by atoms with Crippen molar-refractivity contribution in [3.63, 3.8) is 0 Å². The van der Waals surface area contributed by atoms with E-state index in [2.05, 4.69) is 29.6 Å². The molecule has 0 N–H and O–H groups in total. The molecule has 1 aliphatic rings. The van der Waals surface area contributed by atoms with Gasteiger partial charge >= 0.3 is 0 Å².